The molecule has 2 N–H and O–H groups in total. The lowest BCUT2D eigenvalue weighted by atomic mass is 10.0. The summed E-state index contributed by atoms with van der Waals surface area (Å²) in [6.07, 6.45) is 2.75. The minimum absolute atomic E-state index is 0.765. The molecular formula is C26H29ClN2O. The van der Waals surface area contributed by atoms with Crippen LogP contribution in [0.4, 0.5) is 5.69 Å². The van der Waals surface area contributed by atoms with Crippen molar-refractivity contribution in [2.75, 3.05) is 12.0 Å². The van der Waals surface area contributed by atoms with Gasteiger partial charge in [0.1, 0.15) is 11.5 Å². The molecule has 3 aromatic rings. The van der Waals surface area contributed by atoms with Crippen molar-refractivity contribution in [3.63, 3.8) is 0 Å². The summed E-state index contributed by atoms with van der Waals surface area (Å²) in [6.45, 7) is 9.02. The van der Waals surface area contributed by atoms with Gasteiger partial charge in [-0.25, -0.2) is 5.43 Å². The third kappa shape index (κ3) is 6.65. The summed E-state index contributed by atoms with van der Waals surface area (Å²) in [6, 6.07) is 22.3. The summed E-state index contributed by atoms with van der Waals surface area (Å²) in [5.41, 5.74) is 12.4. The number of nitrogens with one attached hydrogen (secondary N) is 2. The average Bonchev–Trinajstić information content (AvgIpc) is 2.74. The minimum atomic E-state index is 0.765. The summed E-state index contributed by atoms with van der Waals surface area (Å²) in [7, 11) is 0. The highest BCUT2D eigenvalue weighted by Gasteiger charge is 2.06. The molecule has 0 bridgehead atoms. The molecule has 0 saturated heterocycles. The van der Waals surface area contributed by atoms with Gasteiger partial charge in [0.25, 0.3) is 0 Å². The number of aryl methyl sites for hydroxylation is 1. The first-order chi connectivity index (χ1) is 14.5. The Labute approximate surface area is 184 Å². The van der Waals surface area contributed by atoms with Crippen LogP contribution >= 0.6 is 11.6 Å². The molecule has 0 atom stereocenters. The highest BCUT2D eigenvalue weighted by molar-refractivity contribution is 6.30. The van der Waals surface area contributed by atoms with Gasteiger partial charge in [-0.05, 0) is 85.3 Å². The van der Waals surface area contributed by atoms with Gasteiger partial charge in [0, 0.05) is 17.3 Å². The molecule has 3 aromatic carbocycles. The van der Waals surface area contributed by atoms with Crippen LogP contribution in [0.5, 0.6) is 11.5 Å². The van der Waals surface area contributed by atoms with E-state index in [1.165, 1.54) is 16.7 Å². The molecule has 0 aliphatic rings. The van der Waals surface area contributed by atoms with Crippen LogP contribution in [0.2, 0.25) is 5.02 Å². The van der Waals surface area contributed by atoms with Gasteiger partial charge in [-0.15, -0.1) is 0 Å². The lowest BCUT2D eigenvalue weighted by Gasteiger charge is -2.13. The second kappa shape index (κ2) is 10.9. The van der Waals surface area contributed by atoms with Gasteiger partial charge in [0.2, 0.25) is 0 Å². The third-order valence-corrected chi connectivity index (χ3v) is 5.03. The quantitative estimate of drug-likeness (QED) is 0.211. The highest BCUT2D eigenvalue weighted by Crippen LogP contribution is 2.28. The summed E-state index contributed by atoms with van der Waals surface area (Å²) in [5, 5.41) is 0.765. The molecule has 0 radical (unpaired) electrons. The fourth-order valence-electron chi connectivity index (χ4n) is 3.22. The molecule has 156 valence electrons. The number of hydrazine groups is 1. The van der Waals surface area contributed by atoms with E-state index >= 15 is 0 Å². The van der Waals surface area contributed by atoms with E-state index in [0.717, 1.165) is 53.6 Å². The molecule has 0 unspecified atom stereocenters. The smallest absolute Gasteiger partial charge is 0.130 e. The van der Waals surface area contributed by atoms with E-state index in [-0.39, 0.29) is 0 Å². The molecule has 3 nitrogen and oxygen atoms in total. The number of benzene rings is 3. The number of hydrogen-bond donors (Lipinski definition) is 2. The first-order valence-electron chi connectivity index (χ1n) is 10.3. The standard InChI is InChI=1S/C26H29ClN2O/c1-4-22-18-21(17-19(2)3)7-14-26(22)30-25-12-10-24(11-13-25)29-28-16-15-20-5-8-23(27)9-6-20/h5-14,18,28-29H,2,4,15-17H2,1,3H3. The van der Waals surface area contributed by atoms with E-state index in [2.05, 4.69) is 49.5 Å². The minimum Gasteiger partial charge on any atom is -0.457 e. The zero-order valence-corrected chi connectivity index (χ0v) is 18.4. The van der Waals surface area contributed by atoms with Gasteiger partial charge < -0.3 is 10.2 Å². The van der Waals surface area contributed by atoms with Crippen LogP contribution in [-0.4, -0.2) is 6.54 Å². The van der Waals surface area contributed by atoms with Crippen molar-refractivity contribution >= 4 is 17.3 Å². The Hall–Kier alpha value is -2.75. The van der Waals surface area contributed by atoms with E-state index in [1.807, 2.05) is 48.5 Å². The molecule has 0 aromatic heterocycles. The van der Waals surface area contributed by atoms with E-state index in [1.54, 1.807) is 0 Å². The lowest BCUT2D eigenvalue weighted by Crippen LogP contribution is -2.24. The predicted molar refractivity (Wildman–Crippen MR) is 128 cm³/mol. The van der Waals surface area contributed by atoms with Crippen LogP contribution in [0, 0.1) is 0 Å². The van der Waals surface area contributed by atoms with Gasteiger partial charge in [0.05, 0.1) is 0 Å². The van der Waals surface area contributed by atoms with E-state index in [4.69, 9.17) is 16.3 Å². The van der Waals surface area contributed by atoms with E-state index in [0.29, 0.717) is 0 Å². The van der Waals surface area contributed by atoms with Crippen molar-refractivity contribution < 1.29 is 4.74 Å². The molecule has 0 heterocycles. The van der Waals surface area contributed by atoms with Crippen LogP contribution < -0.4 is 15.6 Å². The molecule has 0 spiro atoms. The summed E-state index contributed by atoms with van der Waals surface area (Å²) >= 11 is 5.92. The zero-order valence-electron chi connectivity index (χ0n) is 17.7. The molecule has 3 rings (SSSR count). The maximum Gasteiger partial charge on any atom is 0.130 e. The number of allylic oxidation sites excluding steroid dienone is 1. The number of ether oxygens (including phenoxy) is 1. The average molecular weight is 421 g/mol. The molecule has 0 aliphatic heterocycles. The largest absolute Gasteiger partial charge is 0.457 e. The molecule has 0 fully saturated rings. The van der Waals surface area contributed by atoms with Gasteiger partial charge >= 0.3 is 0 Å². The number of rotatable bonds is 10. The van der Waals surface area contributed by atoms with Crippen LogP contribution in [0.3, 0.4) is 0 Å². The Bertz CT molecular complexity index is 965. The van der Waals surface area contributed by atoms with Crippen molar-refractivity contribution in [3.05, 3.63) is 101 Å². The number of anilines is 1. The second-order valence-electron chi connectivity index (χ2n) is 7.48. The normalized spacial score (nSPS) is 10.6. The molecule has 4 heteroatoms. The van der Waals surface area contributed by atoms with Crippen molar-refractivity contribution in [2.45, 2.75) is 33.1 Å². The number of halogens is 1. The second-order valence-corrected chi connectivity index (χ2v) is 7.92. The van der Waals surface area contributed by atoms with Crippen LogP contribution in [0.1, 0.15) is 30.5 Å². The fourth-order valence-corrected chi connectivity index (χ4v) is 3.35. The van der Waals surface area contributed by atoms with Crippen LogP contribution in [-0.2, 0) is 19.3 Å². The molecular weight excluding hydrogens is 392 g/mol. The highest BCUT2D eigenvalue weighted by atomic mass is 35.5. The monoisotopic (exact) mass is 420 g/mol. The van der Waals surface area contributed by atoms with Gasteiger partial charge in [0.15, 0.2) is 0 Å². The fraction of sp³-hybridized carbons (Fsp3) is 0.231. The number of hydrogen-bond acceptors (Lipinski definition) is 3. The Morgan fingerprint density at radius 1 is 0.967 bits per heavy atom. The molecule has 0 amide bonds. The van der Waals surface area contributed by atoms with Crippen molar-refractivity contribution in [3.8, 4) is 11.5 Å². The molecule has 0 aliphatic carbocycles. The van der Waals surface area contributed by atoms with Crippen molar-refractivity contribution in [2.24, 2.45) is 0 Å². The Balaban J connectivity index is 1.51. The predicted octanol–water partition coefficient (Wildman–Crippen LogP) is 6.97. The van der Waals surface area contributed by atoms with Crippen molar-refractivity contribution in [1.82, 2.24) is 5.43 Å². The van der Waals surface area contributed by atoms with Crippen LogP contribution in [0.15, 0.2) is 78.9 Å². The summed E-state index contributed by atoms with van der Waals surface area (Å²) in [4.78, 5) is 0. The first kappa shape index (κ1) is 21.9. The maximum absolute atomic E-state index is 6.13. The van der Waals surface area contributed by atoms with Gasteiger partial charge in [-0.3, -0.25) is 0 Å². The van der Waals surface area contributed by atoms with E-state index < -0.39 is 0 Å². The lowest BCUT2D eigenvalue weighted by molar-refractivity contribution is 0.476. The van der Waals surface area contributed by atoms with Crippen molar-refractivity contribution in [1.29, 1.82) is 0 Å². The van der Waals surface area contributed by atoms with Gasteiger partial charge in [-0.1, -0.05) is 54.9 Å². The zero-order chi connectivity index (χ0) is 21.3. The summed E-state index contributed by atoms with van der Waals surface area (Å²) in [5.74, 6) is 1.73. The third-order valence-electron chi connectivity index (χ3n) is 4.78. The molecule has 0 saturated carbocycles. The first-order valence-corrected chi connectivity index (χ1v) is 10.7. The SMILES string of the molecule is C=C(C)Cc1ccc(Oc2ccc(NNCCc3ccc(Cl)cc3)cc2)c(CC)c1. The maximum atomic E-state index is 6.13. The topological polar surface area (TPSA) is 33.3 Å². The van der Waals surface area contributed by atoms with Crippen LogP contribution in [0.25, 0.3) is 0 Å². The Kier molecular flexibility index (Phi) is 7.95. The summed E-state index contributed by atoms with van der Waals surface area (Å²) < 4.78 is 6.13. The Morgan fingerprint density at radius 3 is 2.33 bits per heavy atom. The van der Waals surface area contributed by atoms with E-state index in [9.17, 15) is 0 Å². The molecule has 30 heavy (non-hydrogen) atoms. The Morgan fingerprint density at radius 2 is 1.67 bits per heavy atom. The van der Waals surface area contributed by atoms with Gasteiger partial charge in [-0.2, -0.15) is 0 Å².